The van der Waals surface area contributed by atoms with E-state index < -0.39 is 5.69 Å². The van der Waals surface area contributed by atoms with Gasteiger partial charge in [0.1, 0.15) is 0 Å². The molecule has 17 heavy (non-hydrogen) atoms. The molecule has 6 heteroatoms. The van der Waals surface area contributed by atoms with E-state index in [1.807, 2.05) is 47.7 Å². The van der Waals surface area contributed by atoms with Crippen molar-refractivity contribution >= 4 is 32.5 Å². The van der Waals surface area contributed by atoms with Gasteiger partial charge >= 0.3 is 5.69 Å². The fraction of sp³-hybridized carbons (Fsp3) is 0.182. The number of hydrogen-bond donors (Lipinski definition) is 0. The number of rotatable bonds is 1. The summed E-state index contributed by atoms with van der Waals surface area (Å²) in [5.74, 6) is 0.609. The highest BCUT2D eigenvalue weighted by Crippen LogP contribution is 2.26. The summed E-state index contributed by atoms with van der Waals surface area (Å²) in [5, 5.41) is 0. The highest BCUT2D eigenvalue weighted by Gasteiger charge is 2.12. The monoisotopic (exact) mass is 246 g/mol. The molecule has 0 unspecified atom stereocenters. The summed E-state index contributed by atoms with van der Waals surface area (Å²) in [6.45, 7) is 0. The molecule has 0 atom stereocenters. The van der Waals surface area contributed by atoms with Gasteiger partial charge in [-0.1, -0.05) is 23.5 Å². The van der Waals surface area contributed by atoms with Gasteiger partial charge in [-0.3, -0.25) is 4.40 Å². The minimum Gasteiger partial charge on any atom is -0.348 e. The van der Waals surface area contributed by atoms with Gasteiger partial charge in [0.15, 0.2) is 0 Å². The average Bonchev–Trinajstić information content (AvgIpc) is 2.65. The molecule has 86 valence electrons. The topological polar surface area (TPSA) is 50.5 Å². The predicted octanol–water partition coefficient (Wildman–Crippen LogP) is 1.37. The van der Waals surface area contributed by atoms with E-state index in [9.17, 15) is 4.79 Å². The van der Waals surface area contributed by atoms with Crippen molar-refractivity contribution in [1.82, 2.24) is 14.4 Å². The Balaban J connectivity index is 2.58. The van der Waals surface area contributed by atoms with Gasteiger partial charge in [-0.25, -0.2) is 4.79 Å². The predicted molar refractivity (Wildman–Crippen MR) is 69.0 cm³/mol. The third-order valence-corrected chi connectivity index (χ3v) is 3.51. The first kappa shape index (κ1) is 10.2. The molecule has 0 saturated heterocycles. The largest absolute Gasteiger partial charge is 0.373 e. The van der Waals surface area contributed by atoms with Gasteiger partial charge in [0.05, 0.1) is 10.2 Å². The number of anilines is 1. The highest BCUT2D eigenvalue weighted by molar-refractivity contribution is 7.23. The molecule has 3 rings (SSSR count). The molecule has 0 aliphatic carbocycles. The standard InChI is InChI=1S/C11H10N4OS/c1-14(2)10-12-9(16)13-11-15(10)7-5-3-4-6-8(7)17-11/h3-6H,1-2H3. The molecule has 0 aliphatic heterocycles. The van der Waals surface area contributed by atoms with E-state index in [0.29, 0.717) is 10.9 Å². The maximum Gasteiger partial charge on any atom is 0.373 e. The van der Waals surface area contributed by atoms with E-state index in [4.69, 9.17) is 0 Å². The van der Waals surface area contributed by atoms with E-state index in [0.717, 1.165) is 10.2 Å². The molecule has 0 spiro atoms. The molecule has 2 aromatic heterocycles. The third kappa shape index (κ3) is 1.49. The second-order valence-electron chi connectivity index (χ2n) is 3.89. The highest BCUT2D eigenvalue weighted by atomic mass is 32.1. The second kappa shape index (κ2) is 3.53. The third-order valence-electron chi connectivity index (χ3n) is 2.49. The van der Waals surface area contributed by atoms with Crippen LogP contribution >= 0.6 is 11.3 Å². The maximum absolute atomic E-state index is 11.4. The molecule has 5 nitrogen and oxygen atoms in total. The van der Waals surface area contributed by atoms with Crippen LogP contribution in [0.1, 0.15) is 0 Å². The Hall–Kier alpha value is -1.95. The molecule has 0 fully saturated rings. The van der Waals surface area contributed by atoms with Crippen LogP contribution in [0.15, 0.2) is 29.1 Å². The molecule has 2 heterocycles. The maximum atomic E-state index is 11.4. The number of para-hydroxylation sites is 1. The summed E-state index contributed by atoms with van der Waals surface area (Å²) in [6, 6.07) is 7.95. The van der Waals surface area contributed by atoms with Crippen molar-refractivity contribution in [2.24, 2.45) is 0 Å². The molecule has 3 aromatic rings. The Kier molecular flexibility index (Phi) is 2.12. The van der Waals surface area contributed by atoms with Crippen molar-refractivity contribution in [2.45, 2.75) is 0 Å². The molecule has 0 bridgehead atoms. The van der Waals surface area contributed by atoms with Crippen LogP contribution in [0, 0.1) is 0 Å². The van der Waals surface area contributed by atoms with E-state index >= 15 is 0 Å². The molecule has 1 aromatic carbocycles. The summed E-state index contributed by atoms with van der Waals surface area (Å²) < 4.78 is 3.00. The normalized spacial score (nSPS) is 11.2. The minimum absolute atomic E-state index is 0.444. The van der Waals surface area contributed by atoms with Crippen LogP contribution in [0.25, 0.3) is 15.2 Å². The molecule has 0 amide bonds. The number of hydrogen-bond acceptors (Lipinski definition) is 5. The summed E-state index contributed by atoms with van der Waals surface area (Å²) in [6.07, 6.45) is 0. The van der Waals surface area contributed by atoms with Crippen molar-refractivity contribution in [3.63, 3.8) is 0 Å². The van der Waals surface area contributed by atoms with E-state index in [1.165, 1.54) is 11.3 Å². The van der Waals surface area contributed by atoms with Crippen LogP contribution in [0.2, 0.25) is 0 Å². The lowest BCUT2D eigenvalue weighted by molar-refractivity contribution is 0.925. The van der Waals surface area contributed by atoms with Gasteiger partial charge in [-0.15, -0.1) is 0 Å². The van der Waals surface area contributed by atoms with E-state index in [2.05, 4.69) is 9.97 Å². The van der Waals surface area contributed by atoms with Gasteiger partial charge in [0.2, 0.25) is 10.9 Å². The molecular weight excluding hydrogens is 236 g/mol. The smallest absolute Gasteiger partial charge is 0.348 e. The van der Waals surface area contributed by atoms with Crippen molar-refractivity contribution in [2.75, 3.05) is 19.0 Å². The molecule has 0 saturated carbocycles. The summed E-state index contributed by atoms with van der Waals surface area (Å²) in [7, 11) is 3.72. The first-order chi connectivity index (χ1) is 8.16. The fourth-order valence-electron chi connectivity index (χ4n) is 1.78. The molecular formula is C11H10N4OS. The van der Waals surface area contributed by atoms with Gasteiger partial charge in [0, 0.05) is 14.1 Å². The zero-order valence-corrected chi connectivity index (χ0v) is 10.2. The van der Waals surface area contributed by atoms with Crippen molar-refractivity contribution in [3.8, 4) is 0 Å². The lowest BCUT2D eigenvalue weighted by Crippen LogP contribution is -2.22. The van der Waals surface area contributed by atoms with Gasteiger partial charge in [0.25, 0.3) is 0 Å². The van der Waals surface area contributed by atoms with Crippen LogP contribution in [0.3, 0.4) is 0 Å². The number of aromatic nitrogens is 3. The first-order valence-electron chi connectivity index (χ1n) is 5.12. The first-order valence-corrected chi connectivity index (χ1v) is 5.94. The fourth-order valence-corrected chi connectivity index (χ4v) is 2.79. The zero-order chi connectivity index (χ0) is 12.0. The summed E-state index contributed by atoms with van der Waals surface area (Å²) >= 11 is 1.49. The number of nitrogens with zero attached hydrogens (tertiary/aromatic N) is 4. The Labute approximate surface area is 101 Å². The van der Waals surface area contributed by atoms with E-state index in [-0.39, 0.29) is 0 Å². The molecule has 0 N–H and O–H groups in total. The molecule has 0 radical (unpaired) electrons. The van der Waals surface area contributed by atoms with Crippen LogP contribution < -0.4 is 10.6 Å². The SMILES string of the molecule is CN(C)c1nc(=O)nc2sc3ccccc3n12. The number of thiazole rings is 1. The summed E-state index contributed by atoms with van der Waals surface area (Å²) in [5.41, 5.74) is 0.580. The summed E-state index contributed by atoms with van der Waals surface area (Å²) in [4.78, 5) is 21.8. The second-order valence-corrected chi connectivity index (χ2v) is 4.90. The lowest BCUT2D eigenvalue weighted by Gasteiger charge is -2.12. The van der Waals surface area contributed by atoms with Gasteiger partial charge < -0.3 is 4.90 Å². The van der Waals surface area contributed by atoms with E-state index in [1.54, 1.807) is 0 Å². The van der Waals surface area contributed by atoms with Crippen LogP contribution in [0.4, 0.5) is 5.95 Å². The Morgan fingerprint density at radius 3 is 2.76 bits per heavy atom. The van der Waals surface area contributed by atoms with Gasteiger partial charge in [-0.2, -0.15) is 9.97 Å². The van der Waals surface area contributed by atoms with Crippen LogP contribution in [-0.4, -0.2) is 28.5 Å². The quantitative estimate of drug-likeness (QED) is 0.650. The number of fused-ring (bicyclic) bond motifs is 3. The molecule has 0 aliphatic rings. The van der Waals surface area contributed by atoms with Crippen LogP contribution in [0.5, 0.6) is 0 Å². The Bertz CT molecular complexity index is 759. The van der Waals surface area contributed by atoms with Crippen molar-refractivity contribution < 1.29 is 0 Å². The Morgan fingerprint density at radius 2 is 2.00 bits per heavy atom. The van der Waals surface area contributed by atoms with Crippen molar-refractivity contribution in [1.29, 1.82) is 0 Å². The lowest BCUT2D eigenvalue weighted by atomic mass is 10.3. The number of benzene rings is 1. The van der Waals surface area contributed by atoms with Crippen molar-refractivity contribution in [3.05, 3.63) is 34.7 Å². The average molecular weight is 246 g/mol. The van der Waals surface area contributed by atoms with Gasteiger partial charge in [-0.05, 0) is 12.1 Å². The Morgan fingerprint density at radius 1 is 1.24 bits per heavy atom. The minimum atomic E-state index is -0.444. The van der Waals surface area contributed by atoms with Crippen LogP contribution in [-0.2, 0) is 0 Å². The zero-order valence-electron chi connectivity index (χ0n) is 9.41.